The third-order valence-corrected chi connectivity index (χ3v) is 4.58. The van der Waals surface area contributed by atoms with Gasteiger partial charge in [0.2, 0.25) is 0 Å². The van der Waals surface area contributed by atoms with Crippen molar-refractivity contribution in [2.24, 2.45) is 0 Å². The Bertz CT molecular complexity index is 771. The van der Waals surface area contributed by atoms with Gasteiger partial charge in [-0.15, -0.1) is 5.10 Å². The van der Waals surface area contributed by atoms with Gasteiger partial charge in [0.25, 0.3) is 0 Å². The second-order valence-corrected chi connectivity index (χ2v) is 7.08. The highest BCUT2D eigenvalue weighted by Gasteiger charge is 2.53. The monoisotopic (exact) mass is 347 g/mol. The number of aromatic nitrogens is 3. The lowest BCUT2D eigenvalue weighted by Gasteiger charge is -2.32. The molecule has 0 spiro atoms. The third-order valence-electron chi connectivity index (χ3n) is 4.58. The van der Waals surface area contributed by atoms with Gasteiger partial charge in [-0.3, -0.25) is 0 Å². The van der Waals surface area contributed by atoms with Gasteiger partial charge in [0.05, 0.1) is 23.9 Å². The van der Waals surface area contributed by atoms with Gasteiger partial charge in [-0.1, -0.05) is 17.3 Å². The Morgan fingerprint density at radius 2 is 1.76 bits per heavy atom. The Kier molecular flexibility index (Phi) is 4.51. The van der Waals surface area contributed by atoms with Crippen LogP contribution in [0.4, 0.5) is 8.78 Å². The SMILES string of the molecule is CC1(C)OB(C(F)=Cc2cn(Cc3ccc(F)cc3)nn2)OC1(C)C. The van der Waals surface area contributed by atoms with E-state index in [2.05, 4.69) is 10.3 Å². The van der Waals surface area contributed by atoms with Gasteiger partial charge in [0, 0.05) is 0 Å². The topological polar surface area (TPSA) is 49.2 Å². The molecule has 3 rings (SSSR count). The Hall–Kier alpha value is -2.06. The van der Waals surface area contributed by atoms with E-state index in [-0.39, 0.29) is 5.82 Å². The van der Waals surface area contributed by atoms with Crippen LogP contribution >= 0.6 is 0 Å². The lowest BCUT2D eigenvalue weighted by atomic mass is 9.87. The molecule has 8 heteroatoms. The summed E-state index contributed by atoms with van der Waals surface area (Å²) in [5, 5.41) is 7.88. The number of hydrogen-bond acceptors (Lipinski definition) is 4. The van der Waals surface area contributed by atoms with Gasteiger partial charge in [-0.25, -0.2) is 13.5 Å². The van der Waals surface area contributed by atoms with E-state index in [9.17, 15) is 8.78 Å². The Morgan fingerprint density at radius 3 is 2.36 bits per heavy atom. The standard InChI is InChI=1S/C17H20BF2N3O2/c1-16(2)17(3,4)25-18(24-16)15(20)9-14-11-23(22-21-14)10-12-5-7-13(19)8-6-12/h5-9,11H,10H2,1-4H3. The first-order valence-electron chi connectivity index (χ1n) is 8.04. The molecular weight excluding hydrogens is 327 g/mol. The van der Waals surface area contributed by atoms with E-state index in [4.69, 9.17) is 9.31 Å². The van der Waals surface area contributed by atoms with Gasteiger partial charge in [0.15, 0.2) is 0 Å². The maximum atomic E-state index is 14.5. The third kappa shape index (κ3) is 3.80. The quantitative estimate of drug-likeness (QED) is 0.796. The Labute approximate surface area is 145 Å². The van der Waals surface area contributed by atoms with Crippen LogP contribution in [-0.2, 0) is 15.9 Å². The number of halogens is 2. The molecule has 2 aromatic rings. The van der Waals surface area contributed by atoms with Crippen LogP contribution in [0.5, 0.6) is 0 Å². The highest BCUT2D eigenvalue weighted by molar-refractivity contribution is 6.54. The maximum Gasteiger partial charge on any atom is 0.525 e. The maximum absolute atomic E-state index is 14.5. The van der Waals surface area contributed by atoms with E-state index in [1.165, 1.54) is 18.2 Å². The summed E-state index contributed by atoms with van der Waals surface area (Å²) >= 11 is 0. The van der Waals surface area contributed by atoms with E-state index >= 15 is 0 Å². The highest BCUT2D eigenvalue weighted by atomic mass is 19.1. The summed E-state index contributed by atoms with van der Waals surface area (Å²) in [5.41, 5.74) is -0.554. The first kappa shape index (κ1) is 17.8. The number of rotatable bonds is 4. The molecule has 5 nitrogen and oxygen atoms in total. The van der Waals surface area contributed by atoms with E-state index in [1.807, 2.05) is 27.7 Å². The van der Waals surface area contributed by atoms with Gasteiger partial charge in [0.1, 0.15) is 17.2 Å². The predicted molar refractivity (Wildman–Crippen MR) is 90.7 cm³/mol. The van der Waals surface area contributed by atoms with Crippen LogP contribution in [0.15, 0.2) is 36.2 Å². The number of nitrogens with zero attached hydrogens (tertiary/aromatic N) is 3. The second kappa shape index (κ2) is 6.35. The average Bonchev–Trinajstić information content (AvgIpc) is 3.03. The fraction of sp³-hybridized carbons (Fsp3) is 0.412. The van der Waals surface area contributed by atoms with Crippen LogP contribution in [-0.4, -0.2) is 33.3 Å². The Balaban J connectivity index is 1.70. The largest absolute Gasteiger partial charge is 0.525 e. The zero-order chi connectivity index (χ0) is 18.2. The van der Waals surface area contributed by atoms with E-state index in [0.717, 1.165) is 5.56 Å². The molecule has 1 aliphatic rings. The molecule has 0 aliphatic carbocycles. The smallest absolute Gasteiger partial charge is 0.398 e. The number of benzene rings is 1. The normalized spacial score (nSPS) is 19.4. The van der Waals surface area contributed by atoms with Gasteiger partial charge in [-0.2, -0.15) is 0 Å². The summed E-state index contributed by atoms with van der Waals surface area (Å²) in [5.74, 6) is -0.296. The highest BCUT2D eigenvalue weighted by Crippen LogP contribution is 2.38. The first-order chi connectivity index (χ1) is 11.7. The molecule has 0 unspecified atom stereocenters. The molecule has 1 saturated heterocycles. The Morgan fingerprint density at radius 1 is 1.16 bits per heavy atom. The van der Waals surface area contributed by atoms with Crippen LogP contribution in [0.3, 0.4) is 0 Å². The summed E-state index contributed by atoms with van der Waals surface area (Å²) in [6.07, 6.45) is 2.85. The molecule has 0 atom stereocenters. The lowest BCUT2D eigenvalue weighted by molar-refractivity contribution is 0.00578. The van der Waals surface area contributed by atoms with Crippen LogP contribution in [0, 0.1) is 5.82 Å². The summed E-state index contributed by atoms with van der Waals surface area (Å²) in [6.45, 7) is 7.86. The minimum Gasteiger partial charge on any atom is -0.398 e. The van der Waals surface area contributed by atoms with Crippen molar-refractivity contribution in [3.63, 3.8) is 0 Å². The van der Waals surface area contributed by atoms with E-state index < -0.39 is 24.0 Å². The molecule has 2 heterocycles. The van der Waals surface area contributed by atoms with Crippen molar-refractivity contribution in [2.75, 3.05) is 0 Å². The zero-order valence-electron chi connectivity index (χ0n) is 14.7. The van der Waals surface area contributed by atoms with Crippen LogP contribution in [0.2, 0.25) is 0 Å². The van der Waals surface area contributed by atoms with Crippen LogP contribution in [0.1, 0.15) is 39.0 Å². The van der Waals surface area contributed by atoms with Crippen molar-refractivity contribution >= 4 is 13.2 Å². The average molecular weight is 347 g/mol. The molecule has 0 amide bonds. The fourth-order valence-corrected chi connectivity index (χ4v) is 2.40. The molecule has 1 fully saturated rings. The zero-order valence-corrected chi connectivity index (χ0v) is 14.7. The van der Waals surface area contributed by atoms with Crippen molar-refractivity contribution in [1.29, 1.82) is 0 Å². The molecule has 1 aromatic heterocycles. The molecule has 0 radical (unpaired) electrons. The van der Waals surface area contributed by atoms with Crippen molar-refractivity contribution < 1.29 is 18.1 Å². The summed E-state index contributed by atoms with van der Waals surface area (Å²) in [6, 6.07) is 6.09. The van der Waals surface area contributed by atoms with Crippen molar-refractivity contribution in [3.8, 4) is 0 Å². The fourth-order valence-electron chi connectivity index (χ4n) is 2.40. The van der Waals surface area contributed by atoms with Crippen molar-refractivity contribution in [3.05, 3.63) is 53.3 Å². The van der Waals surface area contributed by atoms with E-state index in [0.29, 0.717) is 12.2 Å². The summed E-state index contributed by atoms with van der Waals surface area (Å²) in [7, 11) is -1.06. The van der Waals surface area contributed by atoms with Crippen LogP contribution < -0.4 is 0 Å². The van der Waals surface area contributed by atoms with Crippen molar-refractivity contribution in [1.82, 2.24) is 15.0 Å². The number of hydrogen-bond donors (Lipinski definition) is 0. The molecule has 0 bridgehead atoms. The first-order valence-corrected chi connectivity index (χ1v) is 8.04. The lowest BCUT2D eigenvalue weighted by Crippen LogP contribution is -2.41. The minimum absolute atomic E-state index is 0.296. The molecule has 0 saturated carbocycles. The molecule has 1 aromatic carbocycles. The van der Waals surface area contributed by atoms with Gasteiger partial charge in [-0.05, 0) is 51.5 Å². The molecule has 1 aliphatic heterocycles. The molecule has 132 valence electrons. The minimum atomic E-state index is -1.06. The van der Waals surface area contributed by atoms with Gasteiger partial charge < -0.3 is 9.31 Å². The van der Waals surface area contributed by atoms with E-state index in [1.54, 1.807) is 23.0 Å². The van der Waals surface area contributed by atoms with Crippen LogP contribution in [0.25, 0.3) is 6.08 Å². The summed E-state index contributed by atoms with van der Waals surface area (Å²) in [4.78, 5) is 0. The molecule has 25 heavy (non-hydrogen) atoms. The summed E-state index contributed by atoms with van der Waals surface area (Å²) < 4.78 is 40.2. The molecule has 0 N–H and O–H groups in total. The van der Waals surface area contributed by atoms with Crippen molar-refractivity contribution in [2.45, 2.75) is 45.4 Å². The predicted octanol–water partition coefficient (Wildman–Crippen LogP) is 3.41. The second-order valence-electron chi connectivity index (χ2n) is 7.08. The van der Waals surface area contributed by atoms with Gasteiger partial charge >= 0.3 is 7.12 Å². The molecular formula is C17H20BF2N3O2.